The molecule has 1 aromatic carbocycles. The lowest BCUT2D eigenvalue weighted by molar-refractivity contribution is 0.148. The minimum absolute atomic E-state index is 0.0232. The summed E-state index contributed by atoms with van der Waals surface area (Å²) in [6, 6.07) is 7.11. The second kappa shape index (κ2) is 9.74. The van der Waals surface area contributed by atoms with Crippen molar-refractivity contribution in [3.63, 3.8) is 0 Å². The monoisotopic (exact) mass is 521 g/mol. The number of benzene rings is 1. The van der Waals surface area contributed by atoms with E-state index in [4.69, 9.17) is 4.74 Å². The molecule has 1 N–H and O–H groups in total. The van der Waals surface area contributed by atoms with E-state index in [1.165, 1.54) is 6.07 Å². The summed E-state index contributed by atoms with van der Waals surface area (Å²) in [6.45, 7) is 9.78. The van der Waals surface area contributed by atoms with Gasteiger partial charge in [-0.2, -0.15) is 0 Å². The molecule has 0 saturated carbocycles. The maximum Gasteiger partial charge on any atom is 0.229 e. The van der Waals surface area contributed by atoms with Crippen LogP contribution in [0.3, 0.4) is 0 Å². The van der Waals surface area contributed by atoms with E-state index in [9.17, 15) is 4.39 Å². The zero-order valence-electron chi connectivity index (χ0n) is 22.0. The molecule has 2 fully saturated rings. The normalized spacial score (nSPS) is 21.1. The lowest BCUT2D eigenvalue weighted by Gasteiger charge is -2.42. The molecule has 2 saturated heterocycles. The number of piperazine rings is 1. The topological polar surface area (TPSA) is 69.7 Å². The zero-order valence-corrected chi connectivity index (χ0v) is 22.0. The number of anilines is 3. The molecule has 6 rings (SSSR count). The van der Waals surface area contributed by atoms with E-state index in [2.05, 4.69) is 55.9 Å². The van der Waals surface area contributed by atoms with Crippen LogP contribution in [0.4, 0.5) is 26.2 Å². The first-order valence-electron chi connectivity index (χ1n) is 13.2. The summed E-state index contributed by atoms with van der Waals surface area (Å²) in [5, 5.41) is 3.06. The summed E-state index contributed by atoms with van der Waals surface area (Å²) >= 11 is 0. The van der Waals surface area contributed by atoms with Gasteiger partial charge in [0.25, 0.3) is 0 Å². The Morgan fingerprint density at radius 3 is 2.63 bits per heavy atom. The van der Waals surface area contributed by atoms with Gasteiger partial charge in [-0.25, -0.2) is 23.7 Å². The molecule has 2 aromatic heterocycles. The third-order valence-corrected chi connectivity index (χ3v) is 7.89. The average Bonchev–Trinajstić information content (AvgIpc) is 3.22. The minimum Gasteiger partial charge on any atom is -0.486 e. The number of halogens is 2. The van der Waals surface area contributed by atoms with Crippen molar-refractivity contribution in [2.24, 2.45) is 0 Å². The van der Waals surface area contributed by atoms with Crippen molar-refractivity contribution in [1.29, 1.82) is 0 Å². The number of likely N-dealkylation sites (N-methyl/N-ethyl adjacent to an activating group) is 1. The Bertz CT molecular complexity index is 1330. The number of pyridine rings is 1. The van der Waals surface area contributed by atoms with E-state index in [0.717, 1.165) is 57.3 Å². The third kappa shape index (κ3) is 4.78. The summed E-state index contributed by atoms with van der Waals surface area (Å²) in [6.07, 6.45) is 4.87. The highest BCUT2D eigenvalue weighted by molar-refractivity contribution is 5.74. The molecule has 38 heavy (non-hydrogen) atoms. The van der Waals surface area contributed by atoms with Crippen molar-refractivity contribution in [3.8, 4) is 17.0 Å². The van der Waals surface area contributed by atoms with Crippen molar-refractivity contribution in [3.05, 3.63) is 53.9 Å². The number of nitrogens with zero attached hydrogens (tertiary/aromatic N) is 6. The van der Waals surface area contributed by atoms with E-state index in [1.807, 2.05) is 18.3 Å². The highest BCUT2D eigenvalue weighted by Gasteiger charge is 2.44. The van der Waals surface area contributed by atoms with Gasteiger partial charge in [-0.15, -0.1) is 0 Å². The van der Waals surface area contributed by atoms with Crippen molar-refractivity contribution in [1.82, 2.24) is 24.8 Å². The van der Waals surface area contributed by atoms with E-state index >= 15 is 4.39 Å². The third-order valence-electron chi connectivity index (χ3n) is 7.89. The van der Waals surface area contributed by atoms with Gasteiger partial charge in [0.2, 0.25) is 5.95 Å². The summed E-state index contributed by atoms with van der Waals surface area (Å²) in [5.41, 5.74) is 1.98. The molecule has 8 nitrogen and oxygen atoms in total. The number of hydrogen-bond donors (Lipinski definition) is 1. The number of nitrogens with one attached hydrogen (secondary N) is 1. The Kier molecular flexibility index (Phi) is 6.39. The molecule has 3 aliphatic heterocycles. The van der Waals surface area contributed by atoms with Crippen molar-refractivity contribution in [2.75, 3.05) is 50.1 Å². The quantitative estimate of drug-likeness (QED) is 0.528. The van der Waals surface area contributed by atoms with Gasteiger partial charge in [0.15, 0.2) is 17.4 Å². The lowest BCUT2D eigenvalue weighted by Crippen LogP contribution is -2.48. The molecule has 1 atom stereocenters. The van der Waals surface area contributed by atoms with Gasteiger partial charge in [-0.05, 0) is 57.5 Å². The zero-order chi connectivity index (χ0) is 26.4. The second-order valence-corrected chi connectivity index (χ2v) is 11.1. The molecular weight excluding hydrogens is 488 g/mol. The Labute approximate surface area is 221 Å². The molecule has 0 aliphatic carbocycles. The molecule has 3 aliphatic rings. The van der Waals surface area contributed by atoms with Gasteiger partial charge in [-0.1, -0.05) is 6.07 Å². The summed E-state index contributed by atoms with van der Waals surface area (Å²) < 4.78 is 35.9. The van der Waals surface area contributed by atoms with Crippen LogP contribution in [0, 0.1) is 11.6 Å². The van der Waals surface area contributed by atoms with Gasteiger partial charge in [-0.3, -0.25) is 4.90 Å². The SMILES string of the molecule is CN1CCN(Cc2ccc(Nc3ncc(F)c(-c4cc(F)c5c(c4)N4C(CCC4(C)C)CO5)n3)nc2)CC1. The number of aromatic nitrogens is 3. The van der Waals surface area contributed by atoms with Crippen molar-refractivity contribution < 1.29 is 13.5 Å². The number of fused-ring (bicyclic) bond motifs is 3. The van der Waals surface area contributed by atoms with Crippen LogP contribution in [0.15, 0.2) is 36.7 Å². The van der Waals surface area contributed by atoms with E-state index in [1.54, 1.807) is 6.07 Å². The molecule has 0 bridgehead atoms. The molecule has 10 heteroatoms. The van der Waals surface area contributed by atoms with Gasteiger partial charge >= 0.3 is 0 Å². The molecule has 1 unspecified atom stereocenters. The van der Waals surface area contributed by atoms with Crippen LogP contribution in [-0.4, -0.2) is 76.2 Å². The maximum atomic E-state index is 15.2. The van der Waals surface area contributed by atoms with E-state index in [-0.39, 0.29) is 29.0 Å². The van der Waals surface area contributed by atoms with E-state index < -0.39 is 11.6 Å². The number of hydrogen-bond acceptors (Lipinski definition) is 8. The first kappa shape index (κ1) is 24.9. The molecule has 0 spiro atoms. The molecule has 5 heterocycles. The van der Waals surface area contributed by atoms with Crippen molar-refractivity contribution in [2.45, 2.75) is 44.8 Å². The fraction of sp³-hybridized carbons (Fsp3) is 0.464. The number of ether oxygens (including phenoxy) is 1. The molecule has 200 valence electrons. The largest absolute Gasteiger partial charge is 0.486 e. The fourth-order valence-electron chi connectivity index (χ4n) is 5.76. The Balaban J connectivity index is 1.23. The minimum atomic E-state index is -0.626. The van der Waals surface area contributed by atoms with Gasteiger partial charge in [0.05, 0.1) is 17.9 Å². The molecule has 0 radical (unpaired) electrons. The van der Waals surface area contributed by atoms with Gasteiger partial charge in [0.1, 0.15) is 18.1 Å². The number of rotatable bonds is 5. The van der Waals surface area contributed by atoms with Crippen LogP contribution in [0.2, 0.25) is 0 Å². The maximum absolute atomic E-state index is 15.2. The van der Waals surface area contributed by atoms with Crippen LogP contribution in [0.25, 0.3) is 11.3 Å². The average molecular weight is 522 g/mol. The summed E-state index contributed by atoms with van der Waals surface area (Å²) in [4.78, 5) is 19.9. The highest BCUT2D eigenvalue weighted by Crippen LogP contribution is 2.47. The van der Waals surface area contributed by atoms with Gasteiger partial charge in [0, 0.05) is 50.0 Å². The summed E-state index contributed by atoms with van der Waals surface area (Å²) in [7, 11) is 2.14. The Morgan fingerprint density at radius 2 is 1.87 bits per heavy atom. The predicted octanol–water partition coefficient (Wildman–Crippen LogP) is 4.45. The predicted molar refractivity (Wildman–Crippen MR) is 143 cm³/mol. The van der Waals surface area contributed by atoms with Crippen LogP contribution >= 0.6 is 0 Å². The molecule has 3 aromatic rings. The first-order valence-corrected chi connectivity index (χ1v) is 13.2. The Hall–Kier alpha value is -3.37. The Morgan fingerprint density at radius 1 is 1.05 bits per heavy atom. The second-order valence-electron chi connectivity index (χ2n) is 11.1. The standard InChI is InChI=1S/C28H33F2N7O/c1-28(2)7-6-20-17-38-26-21(29)12-19(13-23(26)37(20)28)25-22(30)15-32-27(34-25)33-24-5-4-18(14-31-24)16-36-10-8-35(3)9-11-36/h4-5,12-15,20H,6-11,16-17H2,1-3H3,(H,31,32,33,34). The van der Waals surface area contributed by atoms with E-state index in [0.29, 0.717) is 23.7 Å². The van der Waals surface area contributed by atoms with Crippen LogP contribution in [0.5, 0.6) is 5.75 Å². The van der Waals surface area contributed by atoms with Crippen LogP contribution in [0.1, 0.15) is 32.3 Å². The summed E-state index contributed by atoms with van der Waals surface area (Å²) in [5.74, 6) is -0.192. The van der Waals surface area contributed by atoms with Crippen molar-refractivity contribution >= 4 is 17.5 Å². The molecule has 0 amide bonds. The smallest absolute Gasteiger partial charge is 0.229 e. The lowest BCUT2D eigenvalue weighted by atomic mass is 10.0. The first-order chi connectivity index (χ1) is 18.3. The molecular formula is C28H33F2N7O. The van der Waals surface area contributed by atoms with Crippen LogP contribution < -0.4 is 15.0 Å². The van der Waals surface area contributed by atoms with Gasteiger partial charge < -0.3 is 19.9 Å². The van der Waals surface area contributed by atoms with Crippen LogP contribution in [-0.2, 0) is 6.54 Å². The fourth-order valence-corrected chi connectivity index (χ4v) is 5.76. The highest BCUT2D eigenvalue weighted by atomic mass is 19.1.